The second kappa shape index (κ2) is 9.47. The number of amides is 1. The number of rotatable bonds is 9. The van der Waals surface area contributed by atoms with Crippen molar-refractivity contribution >= 4 is 15.9 Å². The molecule has 1 heterocycles. The highest BCUT2D eigenvalue weighted by molar-refractivity contribution is 7.89. The van der Waals surface area contributed by atoms with Crippen LogP contribution in [0.3, 0.4) is 0 Å². The number of sulfonamides is 1. The summed E-state index contributed by atoms with van der Waals surface area (Å²) in [5.74, 6) is -0.114. The fraction of sp³-hybridized carbons (Fsp3) is 0.933. The summed E-state index contributed by atoms with van der Waals surface area (Å²) in [7, 11) is -1.83. The van der Waals surface area contributed by atoms with E-state index >= 15 is 0 Å². The minimum Gasteiger partial charge on any atom is -0.384 e. The molecular weight excluding hydrogens is 304 g/mol. The number of hydrogen-bond donors (Lipinski definition) is 0. The Kier molecular flexibility index (Phi) is 8.35. The predicted molar refractivity (Wildman–Crippen MR) is 87.1 cm³/mol. The SMILES string of the molecule is CCCN(CCC)C(=O)C1CCCN(S(=O)(=O)CCOC)C1. The second-order valence-corrected chi connectivity index (χ2v) is 7.92. The van der Waals surface area contributed by atoms with E-state index in [1.54, 1.807) is 0 Å². The lowest BCUT2D eigenvalue weighted by molar-refractivity contribution is -0.136. The van der Waals surface area contributed by atoms with E-state index in [1.807, 2.05) is 4.90 Å². The largest absolute Gasteiger partial charge is 0.384 e. The zero-order valence-corrected chi connectivity index (χ0v) is 14.9. The molecule has 22 heavy (non-hydrogen) atoms. The summed E-state index contributed by atoms with van der Waals surface area (Å²) < 4.78 is 30.8. The summed E-state index contributed by atoms with van der Waals surface area (Å²) in [6.45, 7) is 6.62. The molecule has 1 aliphatic rings. The smallest absolute Gasteiger partial charge is 0.227 e. The zero-order chi connectivity index (χ0) is 16.6. The number of carbonyl (C=O) groups is 1. The van der Waals surface area contributed by atoms with Crippen LogP contribution in [0.25, 0.3) is 0 Å². The van der Waals surface area contributed by atoms with Gasteiger partial charge in [0.2, 0.25) is 15.9 Å². The van der Waals surface area contributed by atoms with Crippen LogP contribution < -0.4 is 0 Å². The Hall–Kier alpha value is -0.660. The molecule has 0 bridgehead atoms. The Morgan fingerprint density at radius 1 is 1.27 bits per heavy atom. The van der Waals surface area contributed by atoms with E-state index in [0.29, 0.717) is 13.1 Å². The van der Waals surface area contributed by atoms with Crippen LogP contribution in [0.15, 0.2) is 0 Å². The maximum atomic E-state index is 12.6. The van der Waals surface area contributed by atoms with E-state index in [1.165, 1.54) is 11.4 Å². The van der Waals surface area contributed by atoms with Crippen molar-refractivity contribution in [3.05, 3.63) is 0 Å². The molecule has 0 radical (unpaired) electrons. The van der Waals surface area contributed by atoms with Crippen LogP contribution in [0.4, 0.5) is 0 Å². The fourth-order valence-electron chi connectivity index (χ4n) is 2.84. The van der Waals surface area contributed by atoms with Crippen molar-refractivity contribution in [2.45, 2.75) is 39.5 Å². The molecule has 0 aromatic carbocycles. The molecule has 0 aliphatic carbocycles. The summed E-state index contributed by atoms with van der Waals surface area (Å²) in [5, 5.41) is 0. The number of hydrogen-bond acceptors (Lipinski definition) is 4. The van der Waals surface area contributed by atoms with Crippen LogP contribution in [0.1, 0.15) is 39.5 Å². The first kappa shape index (κ1) is 19.4. The number of piperidine rings is 1. The van der Waals surface area contributed by atoms with Gasteiger partial charge in [0.1, 0.15) is 0 Å². The van der Waals surface area contributed by atoms with Crippen molar-refractivity contribution in [1.29, 1.82) is 0 Å². The summed E-state index contributed by atoms with van der Waals surface area (Å²) in [5.41, 5.74) is 0. The lowest BCUT2D eigenvalue weighted by Gasteiger charge is -2.34. The highest BCUT2D eigenvalue weighted by Crippen LogP contribution is 2.22. The molecule has 0 aromatic rings. The van der Waals surface area contributed by atoms with Crippen molar-refractivity contribution in [3.8, 4) is 0 Å². The van der Waals surface area contributed by atoms with Crippen LogP contribution in [-0.4, -0.2) is 69.2 Å². The highest BCUT2D eigenvalue weighted by atomic mass is 32.2. The van der Waals surface area contributed by atoms with Gasteiger partial charge in [0.15, 0.2) is 0 Å². The van der Waals surface area contributed by atoms with Crippen molar-refractivity contribution < 1.29 is 17.9 Å². The van der Waals surface area contributed by atoms with Crippen molar-refractivity contribution in [2.75, 3.05) is 45.6 Å². The number of nitrogens with zero attached hydrogens (tertiary/aromatic N) is 2. The normalized spacial score (nSPS) is 20.0. The molecule has 1 unspecified atom stereocenters. The van der Waals surface area contributed by atoms with Crippen LogP contribution >= 0.6 is 0 Å². The highest BCUT2D eigenvalue weighted by Gasteiger charge is 2.33. The molecule has 1 rings (SSSR count). The van der Waals surface area contributed by atoms with Gasteiger partial charge < -0.3 is 9.64 Å². The third-order valence-corrected chi connectivity index (χ3v) is 5.77. The van der Waals surface area contributed by atoms with Gasteiger partial charge in [-0.1, -0.05) is 13.8 Å². The first-order chi connectivity index (χ1) is 10.5. The summed E-state index contributed by atoms with van der Waals surface area (Å²) >= 11 is 0. The number of methoxy groups -OCH3 is 1. The van der Waals surface area contributed by atoms with Crippen molar-refractivity contribution in [1.82, 2.24) is 9.21 Å². The van der Waals surface area contributed by atoms with Crippen LogP contribution in [0, 0.1) is 5.92 Å². The Bertz CT molecular complexity index is 433. The molecular formula is C15H30N2O4S. The molecule has 7 heteroatoms. The maximum Gasteiger partial charge on any atom is 0.227 e. The Labute approximate surface area is 134 Å². The molecule has 6 nitrogen and oxygen atoms in total. The van der Waals surface area contributed by atoms with Gasteiger partial charge >= 0.3 is 0 Å². The Morgan fingerprint density at radius 2 is 1.91 bits per heavy atom. The first-order valence-corrected chi connectivity index (χ1v) is 9.82. The second-order valence-electron chi connectivity index (χ2n) is 5.83. The molecule has 1 fully saturated rings. The molecule has 0 spiro atoms. The van der Waals surface area contributed by atoms with Crippen molar-refractivity contribution in [3.63, 3.8) is 0 Å². The average Bonchev–Trinajstić information content (AvgIpc) is 2.52. The minimum atomic E-state index is -3.32. The lowest BCUT2D eigenvalue weighted by Crippen LogP contribution is -2.47. The molecule has 1 aliphatic heterocycles. The third kappa shape index (κ3) is 5.52. The topological polar surface area (TPSA) is 66.9 Å². The molecule has 1 saturated heterocycles. The molecule has 0 saturated carbocycles. The van der Waals surface area contributed by atoms with Gasteiger partial charge in [0.05, 0.1) is 18.3 Å². The summed E-state index contributed by atoms with van der Waals surface area (Å²) in [4.78, 5) is 14.5. The lowest BCUT2D eigenvalue weighted by atomic mass is 9.98. The van der Waals surface area contributed by atoms with Gasteiger partial charge in [-0.25, -0.2) is 12.7 Å². The molecule has 0 aromatic heterocycles. The first-order valence-electron chi connectivity index (χ1n) is 8.21. The summed E-state index contributed by atoms with van der Waals surface area (Å²) in [6, 6.07) is 0. The van der Waals surface area contributed by atoms with E-state index in [9.17, 15) is 13.2 Å². The predicted octanol–water partition coefficient (Wildman–Crippen LogP) is 1.32. The van der Waals surface area contributed by atoms with E-state index < -0.39 is 10.0 Å². The maximum absolute atomic E-state index is 12.6. The average molecular weight is 334 g/mol. The zero-order valence-electron chi connectivity index (χ0n) is 14.1. The van der Waals surface area contributed by atoms with Gasteiger partial charge in [-0.15, -0.1) is 0 Å². The number of ether oxygens (including phenoxy) is 1. The Morgan fingerprint density at radius 3 is 2.45 bits per heavy atom. The van der Waals surface area contributed by atoms with Crippen LogP contribution in [0.5, 0.6) is 0 Å². The molecule has 0 N–H and O–H groups in total. The standard InChI is InChI=1S/C15H30N2O4S/c1-4-8-16(9-5-2)15(18)14-7-6-10-17(13-14)22(19,20)12-11-21-3/h14H,4-13H2,1-3H3. The third-order valence-electron chi connectivity index (χ3n) is 3.97. The molecule has 1 amide bonds. The van der Waals surface area contributed by atoms with Gasteiger partial charge in [0, 0.05) is 33.3 Å². The van der Waals surface area contributed by atoms with Gasteiger partial charge in [-0.3, -0.25) is 4.79 Å². The van der Waals surface area contributed by atoms with E-state index in [2.05, 4.69) is 13.8 Å². The minimum absolute atomic E-state index is 0.0158. The van der Waals surface area contributed by atoms with Gasteiger partial charge in [-0.05, 0) is 25.7 Å². The molecule has 1 atom stereocenters. The van der Waals surface area contributed by atoms with Gasteiger partial charge in [-0.2, -0.15) is 0 Å². The van der Waals surface area contributed by atoms with E-state index in [4.69, 9.17) is 4.74 Å². The molecule has 130 valence electrons. The fourth-order valence-corrected chi connectivity index (χ4v) is 4.29. The monoisotopic (exact) mass is 334 g/mol. The van der Waals surface area contributed by atoms with E-state index in [0.717, 1.165) is 38.8 Å². The van der Waals surface area contributed by atoms with Gasteiger partial charge in [0.25, 0.3) is 0 Å². The van der Waals surface area contributed by atoms with Crippen LogP contribution in [-0.2, 0) is 19.6 Å². The Balaban J connectivity index is 2.70. The van der Waals surface area contributed by atoms with Crippen molar-refractivity contribution in [2.24, 2.45) is 5.92 Å². The number of carbonyl (C=O) groups excluding carboxylic acids is 1. The summed E-state index contributed by atoms with van der Waals surface area (Å²) in [6.07, 6.45) is 3.37. The van der Waals surface area contributed by atoms with E-state index in [-0.39, 0.29) is 24.2 Å². The van der Waals surface area contributed by atoms with Crippen LogP contribution in [0.2, 0.25) is 0 Å². The quantitative estimate of drug-likeness (QED) is 0.638.